The molecule has 1 unspecified atom stereocenters. The van der Waals surface area contributed by atoms with Crippen LogP contribution in [0.2, 0.25) is 0 Å². The number of amides is 1. The first-order chi connectivity index (χ1) is 9.28. The Morgan fingerprint density at radius 2 is 2.21 bits per heavy atom. The molecular formula is C15H21NO3. The summed E-state index contributed by atoms with van der Waals surface area (Å²) in [4.78, 5) is 11.7. The van der Waals surface area contributed by atoms with Crippen molar-refractivity contribution >= 4 is 5.91 Å². The molecule has 4 heteroatoms. The number of carbonyl (C=O) groups is 1. The summed E-state index contributed by atoms with van der Waals surface area (Å²) in [5.74, 6) is 0.929. The summed E-state index contributed by atoms with van der Waals surface area (Å²) in [6.07, 6.45) is 3.64. The van der Waals surface area contributed by atoms with Crippen LogP contribution >= 0.6 is 0 Å². The smallest absolute Gasteiger partial charge is 0.220 e. The summed E-state index contributed by atoms with van der Waals surface area (Å²) in [6.45, 7) is 1.47. The minimum absolute atomic E-state index is 0.0892. The molecule has 1 N–H and O–H groups in total. The van der Waals surface area contributed by atoms with E-state index in [9.17, 15) is 4.79 Å². The van der Waals surface area contributed by atoms with Gasteiger partial charge in [0.1, 0.15) is 5.75 Å². The van der Waals surface area contributed by atoms with Gasteiger partial charge < -0.3 is 14.8 Å². The molecule has 104 valence electrons. The molecule has 1 aliphatic heterocycles. The van der Waals surface area contributed by atoms with E-state index in [4.69, 9.17) is 9.47 Å². The molecule has 4 nitrogen and oxygen atoms in total. The highest BCUT2D eigenvalue weighted by molar-refractivity contribution is 5.76. The van der Waals surface area contributed by atoms with Gasteiger partial charge >= 0.3 is 0 Å². The fraction of sp³-hybridized carbons (Fsp3) is 0.533. The Hall–Kier alpha value is -1.55. The molecule has 0 aromatic heterocycles. The van der Waals surface area contributed by atoms with Crippen molar-refractivity contribution in [1.29, 1.82) is 0 Å². The number of nitrogens with one attached hydrogen (secondary N) is 1. The van der Waals surface area contributed by atoms with Gasteiger partial charge in [-0.15, -0.1) is 0 Å². The van der Waals surface area contributed by atoms with E-state index in [1.807, 2.05) is 24.3 Å². The average Bonchev–Trinajstić information content (AvgIpc) is 2.96. The molecule has 0 radical (unpaired) electrons. The van der Waals surface area contributed by atoms with E-state index in [1.165, 1.54) is 0 Å². The van der Waals surface area contributed by atoms with Gasteiger partial charge in [-0.2, -0.15) is 0 Å². The topological polar surface area (TPSA) is 47.6 Å². The molecule has 0 bridgehead atoms. The minimum Gasteiger partial charge on any atom is -0.497 e. The van der Waals surface area contributed by atoms with Crippen molar-refractivity contribution in [3.05, 3.63) is 29.8 Å². The van der Waals surface area contributed by atoms with Gasteiger partial charge in [0.2, 0.25) is 5.91 Å². The standard InChI is InChI=1S/C15H21NO3/c1-18-13-7-4-12(5-8-13)6-9-15(17)16-11-14-3-2-10-19-14/h4-5,7-8,14H,2-3,6,9-11H2,1H3,(H,16,17). The van der Waals surface area contributed by atoms with Crippen molar-refractivity contribution < 1.29 is 14.3 Å². The summed E-state index contributed by atoms with van der Waals surface area (Å²) in [7, 11) is 1.65. The van der Waals surface area contributed by atoms with Crippen molar-refractivity contribution in [2.24, 2.45) is 0 Å². The zero-order valence-electron chi connectivity index (χ0n) is 11.4. The molecule has 1 aromatic carbocycles. The molecule has 1 aliphatic rings. The second-order valence-electron chi connectivity index (χ2n) is 4.79. The van der Waals surface area contributed by atoms with Crippen molar-refractivity contribution in [3.63, 3.8) is 0 Å². The highest BCUT2D eigenvalue weighted by atomic mass is 16.5. The number of ether oxygens (including phenoxy) is 2. The highest BCUT2D eigenvalue weighted by Gasteiger charge is 2.15. The lowest BCUT2D eigenvalue weighted by Gasteiger charge is -2.10. The van der Waals surface area contributed by atoms with Gasteiger partial charge in [-0.05, 0) is 37.0 Å². The van der Waals surface area contributed by atoms with Crippen LogP contribution in [0.4, 0.5) is 0 Å². The second kappa shape index (κ2) is 7.14. The molecule has 1 amide bonds. The van der Waals surface area contributed by atoms with Crippen molar-refractivity contribution in [1.82, 2.24) is 5.32 Å². The Morgan fingerprint density at radius 3 is 2.84 bits per heavy atom. The molecule has 1 saturated heterocycles. The zero-order valence-corrected chi connectivity index (χ0v) is 11.4. The molecule has 0 aliphatic carbocycles. The third-order valence-corrected chi connectivity index (χ3v) is 3.35. The lowest BCUT2D eigenvalue weighted by Crippen LogP contribution is -2.31. The van der Waals surface area contributed by atoms with Crippen LogP contribution in [-0.2, 0) is 16.0 Å². The summed E-state index contributed by atoms with van der Waals surface area (Å²) in [5.41, 5.74) is 1.15. The first-order valence-electron chi connectivity index (χ1n) is 6.79. The largest absolute Gasteiger partial charge is 0.497 e. The Bertz CT molecular complexity index is 396. The molecule has 1 heterocycles. The number of benzene rings is 1. The van der Waals surface area contributed by atoms with Gasteiger partial charge in [-0.3, -0.25) is 4.79 Å². The molecule has 1 aromatic rings. The van der Waals surface area contributed by atoms with Crippen LogP contribution in [0.15, 0.2) is 24.3 Å². The quantitative estimate of drug-likeness (QED) is 0.853. The van der Waals surface area contributed by atoms with Gasteiger partial charge in [0.25, 0.3) is 0 Å². The maximum atomic E-state index is 11.7. The maximum Gasteiger partial charge on any atom is 0.220 e. The predicted octanol–water partition coefficient (Wildman–Crippen LogP) is 1.92. The Kier molecular flexibility index (Phi) is 5.21. The van der Waals surface area contributed by atoms with Gasteiger partial charge in [0, 0.05) is 19.6 Å². The summed E-state index contributed by atoms with van der Waals surface area (Å²) in [6, 6.07) is 7.82. The Labute approximate surface area is 114 Å². The SMILES string of the molecule is COc1ccc(CCC(=O)NCC2CCCO2)cc1. The summed E-state index contributed by atoms with van der Waals surface area (Å²) in [5, 5.41) is 2.93. The van der Waals surface area contributed by atoms with E-state index in [2.05, 4.69) is 5.32 Å². The van der Waals surface area contributed by atoms with Crippen LogP contribution in [0.25, 0.3) is 0 Å². The third kappa shape index (κ3) is 4.56. The van der Waals surface area contributed by atoms with E-state index in [-0.39, 0.29) is 12.0 Å². The maximum absolute atomic E-state index is 11.7. The lowest BCUT2D eigenvalue weighted by atomic mass is 10.1. The van der Waals surface area contributed by atoms with Crippen LogP contribution in [0, 0.1) is 0 Å². The number of aryl methyl sites for hydroxylation is 1. The van der Waals surface area contributed by atoms with E-state index < -0.39 is 0 Å². The number of hydrogen-bond donors (Lipinski definition) is 1. The summed E-state index contributed by atoms with van der Waals surface area (Å²) >= 11 is 0. The predicted molar refractivity (Wildman–Crippen MR) is 73.3 cm³/mol. The minimum atomic E-state index is 0.0892. The van der Waals surface area contributed by atoms with Crippen molar-refractivity contribution in [2.45, 2.75) is 31.8 Å². The van der Waals surface area contributed by atoms with E-state index in [1.54, 1.807) is 7.11 Å². The van der Waals surface area contributed by atoms with Crippen molar-refractivity contribution in [2.75, 3.05) is 20.3 Å². The second-order valence-corrected chi connectivity index (χ2v) is 4.79. The third-order valence-electron chi connectivity index (χ3n) is 3.35. The van der Waals surface area contributed by atoms with Gasteiger partial charge in [-0.25, -0.2) is 0 Å². The average molecular weight is 263 g/mol. The number of hydrogen-bond acceptors (Lipinski definition) is 3. The van der Waals surface area contributed by atoms with Crippen LogP contribution in [0.3, 0.4) is 0 Å². The molecule has 0 saturated carbocycles. The van der Waals surface area contributed by atoms with Gasteiger partial charge in [-0.1, -0.05) is 12.1 Å². The van der Waals surface area contributed by atoms with E-state index in [0.717, 1.165) is 37.2 Å². The van der Waals surface area contributed by atoms with Gasteiger partial charge in [0.15, 0.2) is 0 Å². The van der Waals surface area contributed by atoms with Crippen molar-refractivity contribution in [3.8, 4) is 5.75 Å². The number of rotatable bonds is 6. The van der Waals surface area contributed by atoms with Crippen LogP contribution in [0.1, 0.15) is 24.8 Å². The molecule has 19 heavy (non-hydrogen) atoms. The zero-order chi connectivity index (χ0) is 13.5. The highest BCUT2D eigenvalue weighted by Crippen LogP contribution is 2.13. The van der Waals surface area contributed by atoms with Crippen LogP contribution in [-0.4, -0.2) is 32.3 Å². The monoisotopic (exact) mass is 263 g/mol. The molecule has 0 spiro atoms. The fourth-order valence-corrected chi connectivity index (χ4v) is 2.17. The molecule has 1 atom stereocenters. The number of carbonyl (C=O) groups excluding carboxylic acids is 1. The Morgan fingerprint density at radius 1 is 1.42 bits per heavy atom. The van der Waals surface area contributed by atoms with E-state index >= 15 is 0 Å². The van der Waals surface area contributed by atoms with Crippen LogP contribution in [0.5, 0.6) is 5.75 Å². The number of methoxy groups -OCH3 is 1. The summed E-state index contributed by atoms with van der Waals surface area (Å²) < 4.78 is 10.6. The lowest BCUT2D eigenvalue weighted by molar-refractivity contribution is -0.121. The molecule has 1 fully saturated rings. The first-order valence-corrected chi connectivity index (χ1v) is 6.79. The first kappa shape index (κ1) is 13.9. The normalized spacial score (nSPS) is 18.3. The Balaban J connectivity index is 1.67. The fourth-order valence-electron chi connectivity index (χ4n) is 2.17. The van der Waals surface area contributed by atoms with Crippen LogP contribution < -0.4 is 10.1 Å². The molecule has 2 rings (SSSR count). The molecular weight excluding hydrogens is 242 g/mol. The van der Waals surface area contributed by atoms with E-state index in [0.29, 0.717) is 13.0 Å². The van der Waals surface area contributed by atoms with Gasteiger partial charge in [0.05, 0.1) is 13.2 Å².